The van der Waals surface area contributed by atoms with E-state index in [-0.39, 0.29) is 11.8 Å². The van der Waals surface area contributed by atoms with Crippen molar-refractivity contribution in [2.24, 2.45) is 5.92 Å². The molecule has 0 aliphatic carbocycles. The van der Waals surface area contributed by atoms with Gasteiger partial charge in [0, 0.05) is 39.2 Å². The highest BCUT2D eigenvalue weighted by atomic mass is 32.2. The lowest BCUT2D eigenvalue weighted by Crippen LogP contribution is -2.41. The summed E-state index contributed by atoms with van der Waals surface area (Å²) in [4.78, 5) is 13.9. The van der Waals surface area contributed by atoms with Crippen molar-refractivity contribution in [2.45, 2.75) is 43.9 Å². The Morgan fingerprint density at radius 2 is 1.93 bits per heavy atom. The highest BCUT2D eigenvalue weighted by Crippen LogP contribution is 2.24. The monoisotopic (exact) mass is 394 g/mol. The quantitative estimate of drug-likeness (QED) is 0.678. The average molecular weight is 395 g/mol. The number of ether oxygens (including phenoxy) is 1. The minimum Gasteiger partial charge on any atom is -0.381 e. The van der Waals surface area contributed by atoms with Gasteiger partial charge in [-0.15, -0.1) is 0 Å². The number of carbonyl (C=O) groups excluding carboxylic acids is 1. The number of hydrogen-bond donors (Lipinski definition) is 0. The molecule has 0 radical (unpaired) electrons. The molecule has 27 heavy (non-hydrogen) atoms. The first-order chi connectivity index (χ1) is 13.0. The lowest BCUT2D eigenvalue weighted by atomic mass is 10.0. The number of amides is 1. The fourth-order valence-electron chi connectivity index (χ4n) is 3.85. The molecule has 6 nitrogen and oxygen atoms in total. The van der Waals surface area contributed by atoms with Crippen LogP contribution in [0.5, 0.6) is 0 Å². The van der Waals surface area contributed by atoms with E-state index < -0.39 is 10.0 Å². The first-order valence-electron chi connectivity index (χ1n) is 9.95. The first kappa shape index (κ1) is 20.3. The molecule has 2 aliphatic heterocycles. The average Bonchev–Trinajstić information content (AvgIpc) is 3.10. The summed E-state index contributed by atoms with van der Waals surface area (Å²) in [7, 11) is -3.46. The van der Waals surface area contributed by atoms with Crippen molar-refractivity contribution < 1.29 is 17.9 Å². The fourth-order valence-corrected chi connectivity index (χ4v) is 5.40. The van der Waals surface area contributed by atoms with E-state index in [0.29, 0.717) is 44.2 Å². The zero-order chi connectivity index (χ0) is 19.3. The van der Waals surface area contributed by atoms with E-state index in [1.165, 1.54) is 0 Å². The van der Waals surface area contributed by atoms with Gasteiger partial charge in [0.1, 0.15) is 0 Å². The molecule has 1 atom stereocenters. The summed E-state index contributed by atoms with van der Waals surface area (Å²) in [6, 6.07) is 7.13. The Hall–Kier alpha value is -1.44. The molecule has 2 fully saturated rings. The molecular weight excluding hydrogens is 364 g/mol. The summed E-state index contributed by atoms with van der Waals surface area (Å²) < 4.78 is 33.0. The molecule has 0 spiro atoms. The predicted octanol–water partition coefficient (Wildman–Crippen LogP) is 2.29. The summed E-state index contributed by atoms with van der Waals surface area (Å²) in [6.07, 6.45) is 4.23. The van der Waals surface area contributed by atoms with Crippen LogP contribution in [-0.2, 0) is 26.0 Å². The summed E-state index contributed by atoms with van der Waals surface area (Å²) >= 11 is 0. The molecule has 1 aromatic rings. The van der Waals surface area contributed by atoms with Gasteiger partial charge in [-0.3, -0.25) is 4.79 Å². The Bertz CT molecular complexity index is 733. The van der Waals surface area contributed by atoms with Gasteiger partial charge in [-0.05, 0) is 56.2 Å². The SMILES string of the molecule is CCOCC1CCCN(S(=O)(=O)c2ccc(CCN3CCCC3=O)cc2)C1. The standard InChI is InChI=1S/C20H30N2O4S/c1-2-26-16-18-5-3-13-22(15-18)27(24,25)19-9-7-17(8-10-19)11-14-21-12-4-6-20(21)23/h7-10,18H,2-6,11-16H2,1H3. The smallest absolute Gasteiger partial charge is 0.243 e. The van der Waals surface area contributed by atoms with Gasteiger partial charge < -0.3 is 9.64 Å². The third-order valence-electron chi connectivity index (χ3n) is 5.44. The van der Waals surface area contributed by atoms with E-state index in [1.54, 1.807) is 16.4 Å². The molecule has 0 aromatic heterocycles. The van der Waals surface area contributed by atoms with Crippen LogP contribution in [0.25, 0.3) is 0 Å². The van der Waals surface area contributed by atoms with Crippen molar-refractivity contribution in [1.82, 2.24) is 9.21 Å². The summed E-state index contributed by atoms with van der Waals surface area (Å²) in [5, 5.41) is 0. The Kier molecular flexibility index (Phi) is 6.89. The van der Waals surface area contributed by atoms with Gasteiger partial charge in [0.2, 0.25) is 15.9 Å². The number of piperidine rings is 1. The number of likely N-dealkylation sites (tertiary alicyclic amines) is 1. The van der Waals surface area contributed by atoms with Crippen molar-refractivity contribution >= 4 is 15.9 Å². The van der Waals surface area contributed by atoms with Gasteiger partial charge in [0.15, 0.2) is 0 Å². The van der Waals surface area contributed by atoms with Crippen LogP contribution in [0.15, 0.2) is 29.2 Å². The van der Waals surface area contributed by atoms with E-state index in [1.807, 2.05) is 24.0 Å². The second-order valence-electron chi connectivity index (χ2n) is 7.41. The molecular formula is C20H30N2O4S. The van der Waals surface area contributed by atoms with E-state index in [9.17, 15) is 13.2 Å². The van der Waals surface area contributed by atoms with E-state index in [2.05, 4.69) is 0 Å². The first-order valence-corrected chi connectivity index (χ1v) is 11.4. The maximum absolute atomic E-state index is 13.0. The zero-order valence-corrected chi connectivity index (χ0v) is 16.9. The maximum Gasteiger partial charge on any atom is 0.243 e. The Balaban J connectivity index is 1.60. The fraction of sp³-hybridized carbons (Fsp3) is 0.650. The van der Waals surface area contributed by atoms with Crippen LogP contribution < -0.4 is 0 Å². The van der Waals surface area contributed by atoms with Crippen LogP contribution in [0.3, 0.4) is 0 Å². The van der Waals surface area contributed by atoms with E-state index in [0.717, 1.165) is 37.8 Å². The largest absolute Gasteiger partial charge is 0.381 e. The highest BCUT2D eigenvalue weighted by Gasteiger charge is 2.30. The van der Waals surface area contributed by atoms with Gasteiger partial charge in [-0.2, -0.15) is 4.31 Å². The summed E-state index contributed by atoms with van der Waals surface area (Å²) in [6.45, 7) is 5.88. The van der Waals surface area contributed by atoms with Crippen LogP contribution in [0.4, 0.5) is 0 Å². The minimum atomic E-state index is -3.46. The molecule has 2 aliphatic rings. The molecule has 3 rings (SSSR count). The normalized spacial score (nSPS) is 21.7. The second-order valence-corrected chi connectivity index (χ2v) is 9.35. The number of benzene rings is 1. The van der Waals surface area contributed by atoms with Crippen molar-refractivity contribution in [3.05, 3.63) is 29.8 Å². The molecule has 0 N–H and O–H groups in total. The van der Waals surface area contributed by atoms with Gasteiger partial charge in [-0.1, -0.05) is 12.1 Å². The molecule has 150 valence electrons. The van der Waals surface area contributed by atoms with Gasteiger partial charge >= 0.3 is 0 Å². The van der Waals surface area contributed by atoms with Crippen LogP contribution in [0.1, 0.15) is 38.2 Å². The van der Waals surface area contributed by atoms with Crippen LogP contribution in [0, 0.1) is 5.92 Å². The number of carbonyl (C=O) groups is 1. The molecule has 1 unspecified atom stereocenters. The predicted molar refractivity (Wildman–Crippen MR) is 104 cm³/mol. The Morgan fingerprint density at radius 3 is 2.59 bits per heavy atom. The maximum atomic E-state index is 13.0. The Morgan fingerprint density at radius 1 is 1.15 bits per heavy atom. The van der Waals surface area contributed by atoms with Crippen molar-refractivity contribution in [3.8, 4) is 0 Å². The van der Waals surface area contributed by atoms with Gasteiger partial charge in [-0.25, -0.2) is 8.42 Å². The summed E-state index contributed by atoms with van der Waals surface area (Å²) in [5.74, 6) is 0.492. The zero-order valence-electron chi connectivity index (χ0n) is 16.1. The number of hydrogen-bond acceptors (Lipinski definition) is 4. The molecule has 2 heterocycles. The van der Waals surface area contributed by atoms with Crippen LogP contribution >= 0.6 is 0 Å². The van der Waals surface area contributed by atoms with Gasteiger partial charge in [0.25, 0.3) is 0 Å². The van der Waals surface area contributed by atoms with Crippen molar-refractivity contribution in [2.75, 3.05) is 39.4 Å². The molecule has 0 bridgehead atoms. The van der Waals surface area contributed by atoms with E-state index in [4.69, 9.17) is 4.74 Å². The molecule has 1 amide bonds. The topological polar surface area (TPSA) is 66.9 Å². The third-order valence-corrected chi connectivity index (χ3v) is 7.32. The number of sulfonamides is 1. The van der Waals surface area contributed by atoms with Crippen LogP contribution in [0.2, 0.25) is 0 Å². The lowest BCUT2D eigenvalue weighted by molar-refractivity contribution is -0.127. The van der Waals surface area contributed by atoms with Crippen molar-refractivity contribution in [3.63, 3.8) is 0 Å². The molecule has 2 saturated heterocycles. The molecule has 0 saturated carbocycles. The van der Waals surface area contributed by atoms with E-state index >= 15 is 0 Å². The minimum absolute atomic E-state index is 0.223. The number of nitrogens with zero attached hydrogens (tertiary/aromatic N) is 2. The molecule has 1 aromatic carbocycles. The lowest BCUT2D eigenvalue weighted by Gasteiger charge is -2.31. The molecule has 7 heteroatoms. The second kappa shape index (κ2) is 9.17. The van der Waals surface area contributed by atoms with Crippen LogP contribution in [-0.4, -0.2) is 62.9 Å². The third kappa shape index (κ3) is 5.09. The number of rotatable bonds is 8. The summed E-state index contributed by atoms with van der Waals surface area (Å²) in [5.41, 5.74) is 1.06. The van der Waals surface area contributed by atoms with Crippen molar-refractivity contribution in [1.29, 1.82) is 0 Å². The Labute approximate surface area is 162 Å². The highest BCUT2D eigenvalue weighted by molar-refractivity contribution is 7.89. The van der Waals surface area contributed by atoms with Gasteiger partial charge in [0.05, 0.1) is 11.5 Å².